The summed E-state index contributed by atoms with van der Waals surface area (Å²) in [6.07, 6.45) is 1.52. The van der Waals surface area contributed by atoms with E-state index in [0.717, 1.165) is 11.1 Å². The van der Waals surface area contributed by atoms with Gasteiger partial charge in [-0.25, -0.2) is 4.98 Å². The molecular weight excluding hydrogens is 358 g/mol. The van der Waals surface area contributed by atoms with Gasteiger partial charge < -0.3 is 5.32 Å². The van der Waals surface area contributed by atoms with E-state index in [4.69, 9.17) is 0 Å². The number of nitrogens with one attached hydrogen (secondary N) is 1. The number of carbonyl (C=O) groups is 1. The number of thioether (sulfide) groups is 1. The van der Waals surface area contributed by atoms with Crippen LogP contribution in [0.4, 0.5) is 0 Å². The summed E-state index contributed by atoms with van der Waals surface area (Å²) in [6.45, 7) is 0.358. The molecule has 1 atom stereocenters. The van der Waals surface area contributed by atoms with E-state index >= 15 is 0 Å². The van der Waals surface area contributed by atoms with Gasteiger partial charge in [0.05, 0.1) is 12.0 Å². The molecule has 0 bridgehead atoms. The van der Waals surface area contributed by atoms with Crippen molar-refractivity contribution >= 4 is 17.7 Å². The SMILES string of the molecule is O=C(NC(c1ccccc1)c1ccccc1)C1CSc2nccc(=O)n2C1. The summed E-state index contributed by atoms with van der Waals surface area (Å²) in [5.41, 5.74) is 1.94. The second-order valence-electron chi connectivity index (χ2n) is 6.45. The molecule has 0 fully saturated rings. The van der Waals surface area contributed by atoms with E-state index in [2.05, 4.69) is 10.3 Å². The Morgan fingerprint density at radius 3 is 2.30 bits per heavy atom. The lowest BCUT2D eigenvalue weighted by Gasteiger charge is -2.27. The fourth-order valence-electron chi connectivity index (χ4n) is 3.22. The summed E-state index contributed by atoms with van der Waals surface area (Å²) in [4.78, 5) is 29.3. The Labute approximate surface area is 161 Å². The number of hydrogen-bond acceptors (Lipinski definition) is 4. The van der Waals surface area contributed by atoms with Gasteiger partial charge in [-0.1, -0.05) is 72.4 Å². The highest BCUT2D eigenvalue weighted by atomic mass is 32.2. The van der Waals surface area contributed by atoms with Crippen LogP contribution in [-0.4, -0.2) is 21.2 Å². The number of fused-ring (bicyclic) bond motifs is 1. The zero-order chi connectivity index (χ0) is 18.6. The van der Waals surface area contributed by atoms with Crippen LogP contribution in [0, 0.1) is 5.92 Å². The quantitative estimate of drug-likeness (QED) is 0.710. The number of rotatable bonds is 4. The van der Waals surface area contributed by atoms with Crippen LogP contribution in [-0.2, 0) is 11.3 Å². The molecule has 6 heteroatoms. The van der Waals surface area contributed by atoms with E-state index in [1.807, 2.05) is 60.7 Å². The average molecular weight is 377 g/mol. The lowest BCUT2D eigenvalue weighted by molar-refractivity contribution is -0.125. The van der Waals surface area contributed by atoms with Crippen LogP contribution in [0.2, 0.25) is 0 Å². The molecule has 0 radical (unpaired) electrons. The van der Waals surface area contributed by atoms with Crippen LogP contribution in [0.15, 0.2) is 82.9 Å². The van der Waals surface area contributed by atoms with E-state index < -0.39 is 0 Å². The van der Waals surface area contributed by atoms with Gasteiger partial charge in [0.1, 0.15) is 0 Å². The number of hydrogen-bond donors (Lipinski definition) is 1. The Morgan fingerprint density at radius 1 is 1.04 bits per heavy atom. The van der Waals surface area contributed by atoms with Gasteiger partial charge in [-0.15, -0.1) is 0 Å². The van der Waals surface area contributed by atoms with Crippen molar-refractivity contribution in [1.29, 1.82) is 0 Å². The minimum absolute atomic E-state index is 0.0541. The zero-order valence-corrected chi connectivity index (χ0v) is 15.4. The first kappa shape index (κ1) is 17.5. The van der Waals surface area contributed by atoms with Crippen molar-refractivity contribution in [1.82, 2.24) is 14.9 Å². The minimum Gasteiger partial charge on any atom is -0.345 e. The molecule has 2 aromatic carbocycles. The third-order valence-electron chi connectivity index (χ3n) is 4.64. The molecule has 1 unspecified atom stereocenters. The second-order valence-corrected chi connectivity index (χ2v) is 7.43. The first-order chi connectivity index (χ1) is 13.2. The van der Waals surface area contributed by atoms with Crippen molar-refractivity contribution in [2.45, 2.75) is 17.7 Å². The number of carbonyl (C=O) groups excluding carboxylic acids is 1. The molecule has 1 aliphatic rings. The first-order valence-corrected chi connectivity index (χ1v) is 9.80. The van der Waals surface area contributed by atoms with Crippen molar-refractivity contribution in [3.8, 4) is 0 Å². The van der Waals surface area contributed by atoms with Crippen molar-refractivity contribution in [3.05, 3.63) is 94.4 Å². The van der Waals surface area contributed by atoms with Gasteiger partial charge in [0.25, 0.3) is 5.56 Å². The Kier molecular flexibility index (Phi) is 5.07. The molecule has 2 heterocycles. The van der Waals surface area contributed by atoms with Crippen molar-refractivity contribution in [2.24, 2.45) is 5.92 Å². The van der Waals surface area contributed by atoms with Gasteiger partial charge >= 0.3 is 0 Å². The third-order valence-corrected chi connectivity index (χ3v) is 5.79. The molecule has 0 spiro atoms. The van der Waals surface area contributed by atoms with Crippen LogP contribution in [0.3, 0.4) is 0 Å². The lowest BCUT2D eigenvalue weighted by atomic mass is 9.98. The highest BCUT2D eigenvalue weighted by Crippen LogP contribution is 2.27. The molecular formula is C21H19N3O2S. The van der Waals surface area contributed by atoms with Crippen molar-refractivity contribution < 1.29 is 4.79 Å². The predicted molar refractivity (Wildman–Crippen MR) is 106 cm³/mol. The third kappa shape index (κ3) is 3.80. The van der Waals surface area contributed by atoms with Gasteiger partial charge in [-0.3, -0.25) is 14.2 Å². The molecule has 5 nitrogen and oxygen atoms in total. The van der Waals surface area contributed by atoms with Crippen LogP contribution in [0.25, 0.3) is 0 Å². The maximum Gasteiger partial charge on any atom is 0.254 e. The van der Waals surface area contributed by atoms with Gasteiger partial charge in [0.2, 0.25) is 5.91 Å². The molecule has 1 aliphatic heterocycles. The average Bonchev–Trinajstić information content (AvgIpc) is 2.73. The maximum absolute atomic E-state index is 13.0. The Bertz CT molecular complexity index is 950. The van der Waals surface area contributed by atoms with Crippen LogP contribution >= 0.6 is 11.8 Å². The fourth-order valence-corrected chi connectivity index (χ4v) is 4.28. The molecule has 0 saturated carbocycles. The van der Waals surface area contributed by atoms with E-state index in [-0.39, 0.29) is 23.4 Å². The van der Waals surface area contributed by atoms with Crippen LogP contribution in [0.1, 0.15) is 17.2 Å². The Hall–Kier alpha value is -2.86. The first-order valence-electron chi connectivity index (χ1n) is 8.81. The molecule has 1 N–H and O–H groups in total. The van der Waals surface area contributed by atoms with E-state index in [9.17, 15) is 9.59 Å². The minimum atomic E-state index is -0.278. The Balaban J connectivity index is 1.58. The number of nitrogens with zero attached hydrogens (tertiary/aromatic N) is 2. The summed E-state index contributed by atoms with van der Waals surface area (Å²) in [5, 5.41) is 3.86. The normalized spacial score (nSPS) is 16.0. The summed E-state index contributed by atoms with van der Waals surface area (Å²) in [6, 6.07) is 21.0. The van der Waals surface area contributed by atoms with Gasteiger partial charge in [0.15, 0.2) is 5.16 Å². The summed E-state index contributed by atoms with van der Waals surface area (Å²) in [7, 11) is 0. The largest absolute Gasteiger partial charge is 0.345 e. The number of amides is 1. The van der Waals surface area contributed by atoms with Gasteiger partial charge in [-0.05, 0) is 11.1 Å². The fraction of sp³-hybridized carbons (Fsp3) is 0.190. The van der Waals surface area contributed by atoms with Crippen molar-refractivity contribution in [3.63, 3.8) is 0 Å². The predicted octanol–water partition coefficient (Wildman–Crippen LogP) is 2.87. The molecule has 0 aliphatic carbocycles. The molecule has 4 rings (SSSR count). The van der Waals surface area contributed by atoms with E-state index in [1.54, 1.807) is 4.57 Å². The summed E-state index contributed by atoms with van der Waals surface area (Å²) >= 11 is 1.45. The van der Waals surface area contributed by atoms with Crippen LogP contribution in [0.5, 0.6) is 0 Å². The topological polar surface area (TPSA) is 64.0 Å². The molecule has 3 aromatic rings. The lowest BCUT2D eigenvalue weighted by Crippen LogP contribution is -2.41. The van der Waals surface area contributed by atoms with Gasteiger partial charge in [0, 0.05) is 24.6 Å². The smallest absolute Gasteiger partial charge is 0.254 e. The van der Waals surface area contributed by atoms with Crippen LogP contribution < -0.4 is 10.9 Å². The zero-order valence-electron chi connectivity index (χ0n) is 14.6. The monoisotopic (exact) mass is 377 g/mol. The Morgan fingerprint density at radius 2 is 1.67 bits per heavy atom. The molecule has 27 heavy (non-hydrogen) atoms. The molecule has 136 valence electrons. The highest BCUT2D eigenvalue weighted by Gasteiger charge is 2.28. The maximum atomic E-state index is 13.0. The van der Waals surface area contributed by atoms with E-state index in [1.165, 1.54) is 24.0 Å². The van der Waals surface area contributed by atoms with Gasteiger partial charge in [-0.2, -0.15) is 0 Å². The molecule has 1 amide bonds. The van der Waals surface area contributed by atoms with E-state index in [0.29, 0.717) is 17.5 Å². The number of benzene rings is 2. The molecule has 0 saturated heterocycles. The summed E-state index contributed by atoms with van der Waals surface area (Å²) < 4.78 is 1.58. The second kappa shape index (κ2) is 7.80. The molecule has 1 aromatic heterocycles. The van der Waals surface area contributed by atoms with Crippen molar-refractivity contribution in [2.75, 3.05) is 5.75 Å². The summed E-state index contributed by atoms with van der Waals surface area (Å²) in [5.74, 6) is 0.277. The highest BCUT2D eigenvalue weighted by molar-refractivity contribution is 7.99. The standard InChI is InChI=1S/C21H19N3O2S/c25-18-11-12-22-21-24(18)13-17(14-27-21)20(26)23-19(15-7-3-1-4-8-15)16-9-5-2-6-10-16/h1-12,17,19H,13-14H2,(H,23,26). The number of aromatic nitrogens is 2.